The third kappa shape index (κ3) is 7.12. The van der Waals surface area contributed by atoms with Gasteiger partial charge < -0.3 is 30.0 Å². The number of aliphatic hydroxyl groups excluding tert-OH is 2. The molecule has 0 aliphatic carbocycles. The van der Waals surface area contributed by atoms with E-state index in [1.165, 1.54) is 0 Å². The maximum Gasteiger partial charge on any atom is 0.0476 e. The van der Waals surface area contributed by atoms with Gasteiger partial charge in [-0.05, 0) is 38.5 Å². The van der Waals surface area contributed by atoms with Crippen LogP contribution in [0.4, 0.5) is 0 Å². The van der Waals surface area contributed by atoms with E-state index in [0.717, 1.165) is 0 Å². The number of aliphatic hydroxyl groups is 2. The van der Waals surface area contributed by atoms with E-state index in [-0.39, 0.29) is 38.9 Å². The van der Waals surface area contributed by atoms with Crippen LogP contribution in [-0.2, 0) is 9.59 Å². The number of carbonyl (C=O) groups is 2. The molecule has 2 N–H and O–H groups in total. The topological polar surface area (TPSA) is 121 Å². The molecule has 0 aliphatic rings. The summed E-state index contributed by atoms with van der Waals surface area (Å²) in [4.78, 5) is 21.9. The number of hydrogen-bond acceptors (Lipinski definition) is 6. The lowest BCUT2D eigenvalue weighted by Gasteiger charge is -2.35. The molecule has 0 atom stereocenters. The zero-order valence-corrected chi connectivity index (χ0v) is 11.1. The van der Waals surface area contributed by atoms with Crippen LogP contribution in [0.3, 0.4) is 0 Å². The SMILES string of the molecule is O=C([O-])CCC(CCCCO)(CCCCO)C(=O)[O-]. The van der Waals surface area contributed by atoms with E-state index in [2.05, 4.69) is 0 Å². The van der Waals surface area contributed by atoms with Crippen molar-refractivity contribution >= 4 is 11.9 Å². The van der Waals surface area contributed by atoms with Crippen molar-refractivity contribution in [1.82, 2.24) is 0 Å². The molecule has 0 spiro atoms. The van der Waals surface area contributed by atoms with E-state index in [0.29, 0.717) is 25.7 Å². The number of carbonyl (C=O) groups excluding carboxylic acids is 2. The summed E-state index contributed by atoms with van der Waals surface area (Å²) in [5.74, 6) is -2.54. The fourth-order valence-electron chi connectivity index (χ4n) is 2.17. The summed E-state index contributed by atoms with van der Waals surface area (Å²) in [5.41, 5.74) is -1.20. The quantitative estimate of drug-likeness (QED) is 0.421. The first-order chi connectivity index (χ1) is 8.98. The molecule has 0 radical (unpaired) electrons. The Bertz CT molecular complexity index is 266. The Balaban J connectivity index is 4.66. The summed E-state index contributed by atoms with van der Waals surface area (Å²) in [7, 11) is 0. The largest absolute Gasteiger partial charge is 0.550 e. The maximum atomic E-state index is 11.4. The molecule has 0 bridgehead atoms. The predicted molar refractivity (Wildman–Crippen MR) is 63.6 cm³/mol. The van der Waals surface area contributed by atoms with Crippen molar-refractivity contribution in [3.8, 4) is 0 Å². The average molecular weight is 274 g/mol. The molecular formula is C13H22O6-2. The Morgan fingerprint density at radius 2 is 1.32 bits per heavy atom. The third-order valence-corrected chi connectivity index (χ3v) is 3.37. The molecule has 0 aromatic rings. The van der Waals surface area contributed by atoms with Gasteiger partial charge in [0.25, 0.3) is 0 Å². The van der Waals surface area contributed by atoms with E-state index in [4.69, 9.17) is 10.2 Å². The van der Waals surface area contributed by atoms with Crippen molar-refractivity contribution < 1.29 is 30.0 Å². The minimum Gasteiger partial charge on any atom is -0.550 e. The van der Waals surface area contributed by atoms with E-state index in [1.807, 2.05) is 0 Å². The first-order valence-electron chi connectivity index (χ1n) is 6.61. The van der Waals surface area contributed by atoms with Crippen LogP contribution in [0.25, 0.3) is 0 Å². The van der Waals surface area contributed by atoms with Crippen LogP contribution in [0.1, 0.15) is 51.4 Å². The first-order valence-corrected chi connectivity index (χ1v) is 6.61. The zero-order chi connectivity index (χ0) is 14.7. The Morgan fingerprint density at radius 1 is 0.842 bits per heavy atom. The summed E-state index contributed by atoms with van der Waals surface area (Å²) in [6.07, 6.45) is 2.12. The van der Waals surface area contributed by atoms with Crippen molar-refractivity contribution in [2.45, 2.75) is 51.4 Å². The van der Waals surface area contributed by atoms with Gasteiger partial charge in [-0.15, -0.1) is 0 Å². The number of aliphatic carboxylic acids is 2. The molecule has 0 unspecified atom stereocenters. The molecule has 0 saturated carbocycles. The summed E-state index contributed by atoms with van der Waals surface area (Å²) in [6, 6.07) is 0. The van der Waals surface area contributed by atoms with Gasteiger partial charge in [0.05, 0.1) is 0 Å². The minimum atomic E-state index is -1.28. The number of hydrogen-bond donors (Lipinski definition) is 2. The molecule has 0 rings (SSSR count). The summed E-state index contributed by atoms with van der Waals surface area (Å²) in [5, 5.41) is 39.4. The third-order valence-electron chi connectivity index (χ3n) is 3.37. The molecular weight excluding hydrogens is 252 g/mol. The van der Waals surface area contributed by atoms with E-state index in [9.17, 15) is 19.8 Å². The molecule has 0 amide bonds. The summed E-state index contributed by atoms with van der Waals surface area (Å²) < 4.78 is 0. The van der Waals surface area contributed by atoms with Gasteiger partial charge in [-0.3, -0.25) is 0 Å². The van der Waals surface area contributed by atoms with Crippen molar-refractivity contribution in [1.29, 1.82) is 0 Å². The normalized spacial score (nSPS) is 11.5. The lowest BCUT2D eigenvalue weighted by molar-refractivity contribution is -0.322. The lowest BCUT2D eigenvalue weighted by Crippen LogP contribution is -2.43. The fraction of sp³-hybridized carbons (Fsp3) is 0.846. The summed E-state index contributed by atoms with van der Waals surface area (Å²) >= 11 is 0. The molecule has 19 heavy (non-hydrogen) atoms. The Kier molecular flexibility index (Phi) is 9.16. The number of carboxylic acid groups (broad SMARTS) is 2. The fourth-order valence-corrected chi connectivity index (χ4v) is 2.17. The second-order valence-corrected chi connectivity index (χ2v) is 4.80. The van der Waals surface area contributed by atoms with Crippen LogP contribution in [0.2, 0.25) is 0 Å². The highest BCUT2D eigenvalue weighted by molar-refractivity contribution is 5.73. The van der Waals surface area contributed by atoms with Gasteiger partial charge in [0, 0.05) is 30.6 Å². The van der Waals surface area contributed by atoms with Crippen molar-refractivity contribution in [2.75, 3.05) is 13.2 Å². The van der Waals surface area contributed by atoms with Crippen molar-refractivity contribution in [3.05, 3.63) is 0 Å². The second-order valence-electron chi connectivity index (χ2n) is 4.80. The van der Waals surface area contributed by atoms with Crippen LogP contribution in [0.15, 0.2) is 0 Å². The Morgan fingerprint density at radius 3 is 1.63 bits per heavy atom. The smallest absolute Gasteiger partial charge is 0.0476 e. The highest BCUT2D eigenvalue weighted by Gasteiger charge is 2.30. The molecule has 0 fully saturated rings. The number of carboxylic acids is 2. The van der Waals surface area contributed by atoms with E-state index < -0.39 is 17.4 Å². The number of unbranched alkanes of at least 4 members (excludes halogenated alkanes) is 2. The van der Waals surface area contributed by atoms with Gasteiger partial charge in [-0.1, -0.05) is 12.8 Å². The zero-order valence-electron chi connectivity index (χ0n) is 11.1. The van der Waals surface area contributed by atoms with Gasteiger partial charge >= 0.3 is 0 Å². The van der Waals surface area contributed by atoms with Crippen molar-refractivity contribution in [3.63, 3.8) is 0 Å². The Hall–Kier alpha value is -1.14. The molecule has 6 heteroatoms. The standard InChI is InChI=1S/C13H24O6/c14-9-3-1-6-13(12(18)19,7-2-4-10-15)8-5-11(16)17/h14-15H,1-10H2,(H,16,17)(H,18,19)/p-2. The molecule has 0 aromatic heterocycles. The van der Waals surface area contributed by atoms with Crippen LogP contribution >= 0.6 is 0 Å². The van der Waals surface area contributed by atoms with Crippen LogP contribution in [-0.4, -0.2) is 35.4 Å². The van der Waals surface area contributed by atoms with Gasteiger partial charge in [-0.2, -0.15) is 0 Å². The molecule has 0 heterocycles. The van der Waals surface area contributed by atoms with Crippen molar-refractivity contribution in [2.24, 2.45) is 5.41 Å². The molecule has 6 nitrogen and oxygen atoms in total. The van der Waals surface area contributed by atoms with Gasteiger partial charge in [0.1, 0.15) is 0 Å². The van der Waals surface area contributed by atoms with Crippen LogP contribution < -0.4 is 10.2 Å². The van der Waals surface area contributed by atoms with Crippen LogP contribution in [0, 0.1) is 5.41 Å². The van der Waals surface area contributed by atoms with Crippen LogP contribution in [0.5, 0.6) is 0 Å². The molecule has 0 aliphatic heterocycles. The number of rotatable bonds is 12. The molecule has 112 valence electrons. The van der Waals surface area contributed by atoms with Gasteiger partial charge in [-0.25, -0.2) is 0 Å². The monoisotopic (exact) mass is 274 g/mol. The second kappa shape index (κ2) is 9.75. The highest BCUT2D eigenvalue weighted by Crippen LogP contribution is 2.35. The van der Waals surface area contributed by atoms with E-state index in [1.54, 1.807) is 0 Å². The van der Waals surface area contributed by atoms with Gasteiger partial charge in [0.2, 0.25) is 0 Å². The minimum absolute atomic E-state index is 0.0275. The Labute approximate surface area is 113 Å². The van der Waals surface area contributed by atoms with Gasteiger partial charge in [0.15, 0.2) is 0 Å². The molecule has 0 saturated heterocycles. The predicted octanol–water partition coefficient (Wildman–Crippen LogP) is -1.42. The average Bonchev–Trinajstić information content (AvgIpc) is 2.35. The highest BCUT2D eigenvalue weighted by atomic mass is 16.4. The molecule has 0 aromatic carbocycles. The first kappa shape index (κ1) is 17.9. The summed E-state index contributed by atoms with van der Waals surface area (Å²) in [6.45, 7) is -0.0551. The van der Waals surface area contributed by atoms with E-state index >= 15 is 0 Å². The maximum absolute atomic E-state index is 11.4. The lowest BCUT2D eigenvalue weighted by atomic mass is 9.74.